The van der Waals surface area contributed by atoms with Crippen LogP contribution < -0.4 is 5.32 Å². The zero-order chi connectivity index (χ0) is 12.8. The number of likely N-dealkylation sites (N-methyl/N-ethyl adjacent to an activating group) is 1. The molecule has 4 heteroatoms. The molecule has 1 N–H and O–H groups in total. The quantitative estimate of drug-likeness (QED) is 0.743. The minimum Gasteiger partial charge on any atom is -0.340 e. The second-order valence-corrected chi connectivity index (χ2v) is 4.93. The van der Waals surface area contributed by atoms with E-state index in [0.29, 0.717) is 25.4 Å². The van der Waals surface area contributed by atoms with Gasteiger partial charge in [-0.25, -0.2) is 0 Å². The Balaban J connectivity index is 4.62. The van der Waals surface area contributed by atoms with Gasteiger partial charge in [0.15, 0.2) is 0 Å². The molecule has 0 heterocycles. The van der Waals surface area contributed by atoms with Gasteiger partial charge in [0, 0.05) is 13.1 Å². The lowest BCUT2D eigenvalue weighted by Crippen LogP contribution is -2.53. The van der Waals surface area contributed by atoms with E-state index in [4.69, 9.17) is 5.26 Å². The topological polar surface area (TPSA) is 56.1 Å². The van der Waals surface area contributed by atoms with Crippen LogP contribution in [0.1, 0.15) is 34.1 Å². The van der Waals surface area contributed by atoms with Crippen molar-refractivity contribution in [3.05, 3.63) is 0 Å². The van der Waals surface area contributed by atoms with Crippen molar-refractivity contribution in [1.82, 2.24) is 10.2 Å². The van der Waals surface area contributed by atoms with Crippen molar-refractivity contribution in [2.24, 2.45) is 5.92 Å². The molecule has 0 aromatic heterocycles. The highest BCUT2D eigenvalue weighted by atomic mass is 16.2. The third kappa shape index (κ3) is 4.63. The number of rotatable bonds is 6. The molecule has 0 saturated carbocycles. The maximum atomic E-state index is 12.2. The highest BCUT2D eigenvalue weighted by molar-refractivity contribution is 5.85. The van der Waals surface area contributed by atoms with E-state index in [-0.39, 0.29) is 5.91 Å². The van der Waals surface area contributed by atoms with Crippen LogP contribution in [0.2, 0.25) is 0 Å². The molecule has 0 radical (unpaired) electrons. The summed E-state index contributed by atoms with van der Waals surface area (Å²) in [5.74, 6) is 0.467. The number of nitrogens with zero attached hydrogens (tertiary/aromatic N) is 2. The minimum atomic E-state index is -0.565. The number of nitrogens with one attached hydrogen (secondary N) is 1. The van der Waals surface area contributed by atoms with Crippen molar-refractivity contribution in [1.29, 1.82) is 5.26 Å². The normalized spacial score (nSPS) is 11.3. The summed E-state index contributed by atoms with van der Waals surface area (Å²) in [6, 6.07) is 2.08. The van der Waals surface area contributed by atoms with Gasteiger partial charge in [-0.05, 0) is 26.8 Å². The molecule has 0 aromatic rings. The Morgan fingerprint density at radius 1 is 1.50 bits per heavy atom. The Bertz CT molecular complexity index is 266. The first-order valence-electron chi connectivity index (χ1n) is 5.70. The molecule has 0 spiro atoms. The fourth-order valence-corrected chi connectivity index (χ4v) is 1.40. The first-order chi connectivity index (χ1) is 7.35. The number of hydrogen-bond acceptors (Lipinski definition) is 3. The van der Waals surface area contributed by atoms with Gasteiger partial charge < -0.3 is 10.2 Å². The van der Waals surface area contributed by atoms with Gasteiger partial charge in [-0.2, -0.15) is 5.26 Å². The summed E-state index contributed by atoms with van der Waals surface area (Å²) in [5, 5.41) is 11.6. The molecule has 0 atom stereocenters. The van der Waals surface area contributed by atoms with E-state index in [9.17, 15) is 4.79 Å². The summed E-state index contributed by atoms with van der Waals surface area (Å²) >= 11 is 0. The fourth-order valence-electron chi connectivity index (χ4n) is 1.40. The molecule has 4 nitrogen and oxygen atoms in total. The monoisotopic (exact) mass is 225 g/mol. The number of hydrogen-bond donors (Lipinski definition) is 1. The Hall–Kier alpha value is -1.08. The maximum absolute atomic E-state index is 12.2. The van der Waals surface area contributed by atoms with Crippen molar-refractivity contribution in [2.45, 2.75) is 39.7 Å². The Morgan fingerprint density at radius 2 is 2.06 bits per heavy atom. The van der Waals surface area contributed by atoms with Crippen molar-refractivity contribution in [2.75, 3.05) is 20.1 Å². The molecule has 0 aromatic carbocycles. The predicted octanol–water partition coefficient (Wildman–Crippen LogP) is 1.38. The first kappa shape index (κ1) is 14.9. The van der Waals surface area contributed by atoms with Crippen LogP contribution >= 0.6 is 0 Å². The average Bonchev–Trinajstić information content (AvgIpc) is 2.22. The second kappa shape index (κ2) is 6.49. The molecule has 0 aliphatic rings. The van der Waals surface area contributed by atoms with E-state index in [1.165, 1.54) is 0 Å². The maximum Gasteiger partial charge on any atom is 0.242 e. The SMILES string of the molecule is CNC(C)(C)C(=O)N(CCC#N)CC(C)C. The van der Waals surface area contributed by atoms with E-state index < -0.39 is 5.54 Å². The van der Waals surface area contributed by atoms with Crippen molar-refractivity contribution in [3.8, 4) is 6.07 Å². The van der Waals surface area contributed by atoms with Gasteiger partial charge in [0.1, 0.15) is 0 Å². The molecule has 0 rings (SSSR count). The van der Waals surface area contributed by atoms with Crippen LogP contribution in [0.5, 0.6) is 0 Å². The zero-order valence-electron chi connectivity index (χ0n) is 11.0. The molecular weight excluding hydrogens is 202 g/mol. The molecular formula is C12H23N3O. The van der Waals surface area contributed by atoms with Gasteiger partial charge in [0.2, 0.25) is 5.91 Å². The molecule has 16 heavy (non-hydrogen) atoms. The van der Waals surface area contributed by atoms with E-state index in [2.05, 4.69) is 25.2 Å². The van der Waals surface area contributed by atoms with Gasteiger partial charge in [0.25, 0.3) is 0 Å². The highest BCUT2D eigenvalue weighted by Crippen LogP contribution is 2.10. The highest BCUT2D eigenvalue weighted by Gasteiger charge is 2.30. The smallest absolute Gasteiger partial charge is 0.242 e. The molecule has 0 fully saturated rings. The van der Waals surface area contributed by atoms with Gasteiger partial charge in [-0.15, -0.1) is 0 Å². The van der Waals surface area contributed by atoms with Crippen LogP contribution in [-0.4, -0.2) is 36.5 Å². The number of carbonyl (C=O) groups excluding carboxylic acids is 1. The van der Waals surface area contributed by atoms with E-state index in [1.807, 2.05) is 13.8 Å². The lowest BCUT2D eigenvalue weighted by molar-refractivity contribution is -0.137. The third-order valence-corrected chi connectivity index (χ3v) is 2.53. The number of amides is 1. The average molecular weight is 225 g/mol. The fraction of sp³-hybridized carbons (Fsp3) is 0.833. The summed E-state index contributed by atoms with van der Waals surface area (Å²) in [6.45, 7) is 9.06. The minimum absolute atomic E-state index is 0.0546. The summed E-state index contributed by atoms with van der Waals surface area (Å²) in [5.41, 5.74) is -0.565. The second-order valence-electron chi connectivity index (χ2n) is 4.93. The number of carbonyl (C=O) groups is 1. The van der Waals surface area contributed by atoms with Gasteiger partial charge in [-0.1, -0.05) is 13.8 Å². The largest absolute Gasteiger partial charge is 0.340 e. The third-order valence-electron chi connectivity index (χ3n) is 2.53. The lowest BCUT2D eigenvalue weighted by atomic mass is 10.0. The summed E-state index contributed by atoms with van der Waals surface area (Å²) < 4.78 is 0. The number of nitriles is 1. The molecule has 0 saturated heterocycles. The van der Waals surface area contributed by atoms with Crippen LogP contribution in [0.3, 0.4) is 0 Å². The van der Waals surface area contributed by atoms with Gasteiger partial charge in [0.05, 0.1) is 18.0 Å². The Kier molecular flexibility index (Phi) is 6.05. The van der Waals surface area contributed by atoms with E-state index in [0.717, 1.165) is 0 Å². The van der Waals surface area contributed by atoms with Crippen LogP contribution in [0, 0.1) is 17.2 Å². The van der Waals surface area contributed by atoms with Crippen molar-refractivity contribution in [3.63, 3.8) is 0 Å². The van der Waals surface area contributed by atoms with Crippen LogP contribution in [0.15, 0.2) is 0 Å². The molecule has 1 amide bonds. The Labute approximate surface area is 98.6 Å². The van der Waals surface area contributed by atoms with Crippen LogP contribution in [0.4, 0.5) is 0 Å². The standard InChI is InChI=1S/C12H23N3O/c1-10(2)9-15(8-6-7-13)11(16)12(3,4)14-5/h10,14H,6,8-9H2,1-5H3. The van der Waals surface area contributed by atoms with Crippen LogP contribution in [0.25, 0.3) is 0 Å². The van der Waals surface area contributed by atoms with Crippen molar-refractivity contribution >= 4 is 5.91 Å². The molecule has 0 aliphatic heterocycles. The summed E-state index contributed by atoms with van der Waals surface area (Å²) in [4.78, 5) is 14.0. The summed E-state index contributed by atoms with van der Waals surface area (Å²) in [7, 11) is 1.77. The zero-order valence-corrected chi connectivity index (χ0v) is 11.0. The lowest BCUT2D eigenvalue weighted by Gasteiger charge is -2.32. The predicted molar refractivity (Wildman–Crippen MR) is 64.8 cm³/mol. The summed E-state index contributed by atoms with van der Waals surface area (Å²) in [6.07, 6.45) is 0.387. The molecule has 92 valence electrons. The van der Waals surface area contributed by atoms with Crippen LogP contribution in [-0.2, 0) is 4.79 Å². The van der Waals surface area contributed by atoms with E-state index >= 15 is 0 Å². The molecule has 0 aliphatic carbocycles. The first-order valence-corrected chi connectivity index (χ1v) is 5.70. The van der Waals surface area contributed by atoms with E-state index in [1.54, 1.807) is 11.9 Å². The Morgan fingerprint density at radius 3 is 2.44 bits per heavy atom. The van der Waals surface area contributed by atoms with Gasteiger partial charge in [-0.3, -0.25) is 4.79 Å². The van der Waals surface area contributed by atoms with Crippen molar-refractivity contribution < 1.29 is 4.79 Å². The molecule has 0 unspecified atom stereocenters. The van der Waals surface area contributed by atoms with Gasteiger partial charge >= 0.3 is 0 Å². The molecule has 0 bridgehead atoms.